The maximum Gasteiger partial charge on any atom is 0.150 e. The molecule has 2 rings (SSSR count). The second-order valence-electron chi connectivity index (χ2n) is 3.83. The summed E-state index contributed by atoms with van der Waals surface area (Å²) in [6.45, 7) is 2.21. The molecule has 14 heavy (non-hydrogen) atoms. The molecule has 0 aromatic heterocycles. The van der Waals surface area contributed by atoms with Gasteiger partial charge in [0.25, 0.3) is 0 Å². The van der Waals surface area contributed by atoms with E-state index >= 15 is 0 Å². The molecule has 1 saturated heterocycles. The van der Waals surface area contributed by atoms with Crippen LogP contribution in [-0.4, -0.2) is 19.4 Å². The zero-order valence-electron chi connectivity index (χ0n) is 8.20. The molecule has 1 aliphatic heterocycles. The Bertz CT molecular complexity index is 299. The first-order valence-electron chi connectivity index (χ1n) is 5.16. The van der Waals surface area contributed by atoms with Crippen LogP contribution >= 0.6 is 0 Å². The number of piperidine rings is 1. The molecule has 2 heteroatoms. The molecule has 1 aromatic rings. The molecule has 0 aliphatic carbocycles. The van der Waals surface area contributed by atoms with Crippen LogP contribution in [0.1, 0.15) is 34.7 Å². The summed E-state index contributed by atoms with van der Waals surface area (Å²) in [7, 11) is 0. The number of aldehydes is 1. The van der Waals surface area contributed by atoms with Crippen LogP contribution in [0.5, 0.6) is 0 Å². The number of nitrogens with one attached hydrogen (secondary N) is 1. The van der Waals surface area contributed by atoms with Crippen LogP contribution in [0, 0.1) is 0 Å². The molecule has 1 fully saturated rings. The Hall–Kier alpha value is -1.15. The normalized spacial score (nSPS) is 21.9. The highest BCUT2D eigenvalue weighted by atomic mass is 16.1. The number of carbonyl (C=O) groups is 1. The lowest BCUT2D eigenvalue weighted by molar-refractivity contribution is 0.112. The Labute approximate surface area is 84.3 Å². The molecule has 0 saturated carbocycles. The second-order valence-corrected chi connectivity index (χ2v) is 3.83. The van der Waals surface area contributed by atoms with E-state index in [4.69, 9.17) is 0 Å². The van der Waals surface area contributed by atoms with Gasteiger partial charge in [0.05, 0.1) is 0 Å². The fourth-order valence-electron chi connectivity index (χ4n) is 1.98. The molecule has 1 N–H and O–H groups in total. The third-order valence-corrected chi connectivity index (χ3v) is 2.84. The average molecular weight is 189 g/mol. The van der Waals surface area contributed by atoms with Gasteiger partial charge in [0.2, 0.25) is 0 Å². The zero-order valence-corrected chi connectivity index (χ0v) is 8.20. The first kappa shape index (κ1) is 9.41. The van der Waals surface area contributed by atoms with Crippen molar-refractivity contribution >= 4 is 6.29 Å². The number of hydrogen-bond acceptors (Lipinski definition) is 2. The molecule has 1 heterocycles. The van der Waals surface area contributed by atoms with Gasteiger partial charge in [0, 0.05) is 12.1 Å². The fraction of sp³-hybridized carbons (Fsp3) is 0.417. The lowest BCUT2D eigenvalue weighted by Crippen LogP contribution is -2.28. The summed E-state index contributed by atoms with van der Waals surface area (Å²) in [6, 6.07) is 7.94. The van der Waals surface area contributed by atoms with Crippen molar-refractivity contribution < 1.29 is 4.79 Å². The Kier molecular flexibility index (Phi) is 2.94. The Morgan fingerprint density at radius 1 is 1.29 bits per heavy atom. The second kappa shape index (κ2) is 4.38. The van der Waals surface area contributed by atoms with Crippen LogP contribution in [0.25, 0.3) is 0 Å². The van der Waals surface area contributed by atoms with Crippen molar-refractivity contribution in [2.45, 2.75) is 18.8 Å². The topological polar surface area (TPSA) is 29.1 Å². The standard InChI is InChI=1S/C12H15NO/c14-9-10-3-5-11(6-4-10)12-2-1-7-13-8-12/h3-6,9,12-13H,1-2,7-8H2/t12-/m1/s1. The molecule has 0 radical (unpaired) electrons. The van der Waals surface area contributed by atoms with Gasteiger partial charge in [-0.1, -0.05) is 24.3 Å². The van der Waals surface area contributed by atoms with E-state index in [0.717, 1.165) is 24.9 Å². The molecule has 0 spiro atoms. The summed E-state index contributed by atoms with van der Waals surface area (Å²) in [4.78, 5) is 10.5. The van der Waals surface area contributed by atoms with Crippen LogP contribution in [0.3, 0.4) is 0 Å². The first-order valence-corrected chi connectivity index (χ1v) is 5.16. The zero-order chi connectivity index (χ0) is 9.80. The highest BCUT2D eigenvalue weighted by Gasteiger charge is 2.14. The van der Waals surface area contributed by atoms with Crippen LogP contribution in [-0.2, 0) is 0 Å². The molecule has 1 aromatic carbocycles. The SMILES string of the molecule is O=Cc1ccc([C@@H]2CCCNC2)cc1. The van der Waals surface area contributed by atoms with Gasteiger partial charge >= 0.3 is 0 Å². The minimum absolute atomic E-state index is 0.629. The van der Waals surface area contributed by atoms with Gasteiger partial charge in [-0.3, -0.25) is 4.79 Å². The highest BCUT2D eigenvalue weighted by Crippen LogP contribution is 2.22. The summed E-state index contributed by atoms with van der Waals surface area (Å²) >= 11 is 0. The van der Waals surface area contributed by atoms with Gasteiger partial charge in [0.1, 0.15) is 6.29 Å². The van der Waals surface area contributed by atoms with E-state index in [1.54, 1.807) is 0 Å². The Morgan fingerprint density at radius 2 is 2.07 bits per heavy atom. The van der Waals surface area contributed by atoms with Crippen molar-refractivity contribution in [3.8, 4) is 0 Å². The van der Waals surface area contributed by atoms with Gasteiger partial charge in [-0.2, -0.15) is 0 Å². The molecule has 0 amide bonds. The monoisotopic (exact) mass is 189 g/mol. The molecule has 0 bridgehead atoms. The Morgan fingerprint density at radius 3 is 2.64 bits per heavy atom. The number of rotatable bonds is 2. The summed E-state index contributed by atoms with van der Waals surface area (Å²) in [6.07, 6.45) is 3.40. The van der Waals surface area contributed by atoms with E-state index in [1.165, 1.54) is 18.4 Å². The first-order chi connectivity index (χ1) is 6.90. The summed E-state index contributed by atoms with van der Waals surface area (Å²) in [5.74, 6) is 0.629. The van der Waals surface area contributed by atoms with Gasteiger partial charge < -0.3 is 5.32 Å². The van der Waals surface area contributed by atoms with Gasteiger partial charge in [-0.25, -0.2) is 0 Å². The molecular weight excluding hydrogens is 174 g/mol. The number of benzene rings is 1. The summed E-state index contributed by atoms with van der Waals surface area (Å²) < 4.78 is 0. The highest BCUT2D eigenvalue weighted by molar-refractivity contribution is 5.74. The quantitative estimate of drug-likeness (QED) is 0.721. The largest absolute Gasteiger partial charge is 0.316 e. The van der Waals surface area contributed by atoms with Gasteiger partial charge in [-0.05, 0) is 30.9 Å². The smallest absolute Gasteiger partial charge is 0.150 e. The molecule has 2 nitrogen and oxygen atoms in total. The van der Waals surface area contributed by atoms with Crippen molar-refractivity contribution in [3.05, 3.63) is 35.4 Å². The van der Waals surface area contributed by atoms with Crippen LogP contribution in [0.4, 0.5) is 0 Å². The van der Waals surface area contributed by atoms with E-state index < -0.39 is 0 Å². The van der Waals surface area contributed by atoms with Gasteiger partial charge in [-0.15, -0.1) is 0 Å². The minimum atomic E-state index is 0.629. The molecule has 74 valence electrons. The van der Waals surface area contributed by atoms with E-state index in [-0.39, 0.29) is 0 Å². The van der Waals surface area contributed by atoms with Crippen LogP contribution in [0.15, 0.2) is 24.3 Å². The minimum Gasteiger partial charge on any atom is -0.316 e. The maximum atomic E-state index is 10.5. The number of hydrogen-bond donors (Lipinski definition) is 1. The lowest BCUT2D eigenvalue weighted by Gasteiger charge is -2.23. The van der Waals surface area contributed by atoms with E-state index in [9.17, 15) is 4.79 Å². The third-order valence-electron chi connectivity index (χ3n) is 2.84. The van der Waals surface area contributed by atoms with Crippen LogP contribution < -0.4 is 5.32 Å². The van der Waals surface area contributed by atoms with Gasteiger partial charge in [0.15, 0.2) is 0 Å². The maximum absolute atomic E-state index is 10.5. The molecular formula is C12H15NO. The molecule has 0 unspecified atom stereocenters. The van der Waals surface area contributed by atoms with Crippen molar-refractivity contribution in [1.82, 2.24) is 5.32 Å². The average Bonchev–Trinajstić information content (AvgIpc) is 2.30. The Balaban J connectivity index is 2.11. The summed E-state index contributed by atoms with van der Waals surface area (Å²) in [5.41, 5.74) is 2.11. The predicted molar refractivity (Wildman–Crippen MR) is 56.7 cm³/mol. The van der Waals surface area contributed by atoms with Crippen molar-refractivity contribution in [2.24, 2.45) is 0 Å². The molecule has 1 aliphatic rings. The fourth-order valence-corrected chi connectivity index (χ4v) is 1.98. The predicted octanol–water partition coefficient (Wildman–Crippen LogP) is 1.97. The van der Waals surface area contributed by atoms with Crippen molar-refractivity contribution in [2.75, 3.05) is 13.1 Å². The van der Waals surface area contributed by atoms with E-state index in [0.29, 0.717) is 5.92 Å². The van der Waals surface area contributed by atoms with E-state index in [2.05, 4.69) is 17.4 Å². The van der Waals surface area contributed by atoms with Crippen molar-refractivity contribution in [1.29, 1.82) is 0 Å². The third kappa shape index (κ3) is 2.02. The van der Waals surface area contributed by atoms with E-state index in [1.807, 2.05) is 12.1 Å². The van der Waals surface area contributed by atoms with Crippen molar-refractivity contribution in [3.63, 3.8) is 0 Å². The lowest BCUT2D eigenvalue weighted by atomic mass is 9.91. The summed E-state index contributed by atoms with van der Waals surface area (Å²) in [5, 5.41) is 3.39. The number of carbonyl (C=O) groups excluding carboxylic acids is 1. The van der Waals surface area contributed by atoms with Crippen LogP contribution in [0.2, 0.25) is 0 Å². The molecule has 1 atom stereocenters.